The quantitative estimate of drug-likeness (QED) is 0.707. The highest BCUT2D eigenvalue weighted by Crippen LogP contribution is 2.20. The van der Waals surface area contributed by atoms with Crippen molar-refractivity contribution in [2.75, 3.05) is 26.2 Å². The Hall–Kier alpha value is -2.28. The Kier molecular flexibility index (Phi) is 8.11. The van der Waals surface area contributed by atoms with E-state index in [9.17, 15) is 14.7 Å². The largest absolute Gasteiger partial charge is 0.492 e. The summed E-state index contributed by atoms with van der Waals surface area (Å²) in [4.78, 5) is 26.0. The first-order valence-corrected chi connectivity index (χ1v) is 9.90. The van der Waals surface area contributed by atoms with E-state index in [4.69, 9.17) is 9.47 Å². The van der Waals surface area contributed by atoms with Crippen LogP contribution in [0.4, 0.5) is 4.79 Å². The van der Waals surface area contributed by atoms with E-state index in [2.05, 4.69) is 10.2 Å². The molecule has 156 valence electrons. The van der Waals surface area contributed by atoms with Crippen LogP contribution in [-0.4, -0.2) is 60.0 Å². The van der Waals surface area contributed by atoms with Crippen LogP contribution in [0.15, 0.2) is 24.3 Å². The van der Waals surface area contributed by atoms with Crippen LogP contribution in [0.2, 0.25) is 0 Å². The first-order chi connectivity index (χ1) is 13.2. The minimum absolute atomic E-state index is 0.120. The smallest absolute Gasteiger partial charge is 0.408 e. The predicted molar refractivity (Wildman–Crippen MR) is 107 cm³/mol. The summed E-state index contributed by atoms with van der Waals surface area (Å²) in [6.45, 7) is 8.80. The van der Waals surface area contributed by atoms with Crippen LogP contribution < -0.4 is 10.1 Å². The number of hydrogen-bond acceptors (Lipinski definition) is 5. The van der Waals surface area contributed by atoms with Crippen LogP contribution in [0.25, 0.3) is 0 Å². The minimum atomic E-state index is -1.12. The third kappa shape index (κ3) is 7.76. The van der Waals surface area contributed by atoms with Crippen molar-refractivity contribution in [2.45, 2.75) is 58.1 Å². The van der Waals surface area contributed by atoms with Crippen molar-refractivity contribution in [1.29, 1.82) is 0 Å². The minimum Gasteiger partial charge on any atom is -0.492 e. The summed E-state index contributed by atoms with van der Waals surface area (Å²) in [6, 6.07) is 6.25. The summed E-state index contributed by atoms with van der Waals surface area (Å²) >= 11 is 0. The van der Waals surface area contributed by atoms with Crippen LogP contribution in [0.1, 0.15) is 45.6 Å². The van der Waals surface area contributed by atoms with Gasteiger partial charge in [0.05, 0.1) is 0 Å². The molecule has 1 aromatic rings. The number of ether oxygens (including phenoxy) is 2. The first kappa shape index (κ1) is 22.0. The van der Waals surface area contributed by atoms with E-state index in [0.717, 1.165) is 25.2 Å². The Morgan fingerprint density at radius 3 is 2.50 bits per heavy atom. The van der Waals surface area contributed by atoms with Crippen LogP contribution >= 0.6 is 0 Å². The molecule has 7 nitrogen and oxygen atoms in total. The van der Waals surface area contributed by atoms with Gasteiger partial charge < -0.3 is 19.9 Å². The number of carboxylic acid groups (broad SMARTS) is 1. The second-order valence-electron chi connectivity index (χ2n) is 8.10. The summed E-state index contributed by atoms with van der Waals surface area (Å²) in [7, 11) is 0. The summed E-state index contributed by atoms with van der Waals surface area (Å²) in [5.41, 5.74) is 0.0485. The Balaban J connectivity index is 1.94. The Labute approximate surface area is 167 Å². The SMILES string of the molecule is CC(C)(C)OC(=O)NC(Cc1ccccc1OCCN1CCCCC1)C(=O)O. The highest BCUT2D eigenvalue weighted by Gasteiger charge is 2.25. The summed E-state index contributed by atoms with van der Waals surface area (Å²) < 4.78 is 11.1. The molecule has 28 heavy (non-hydrogen) atoms. The lowest BCUT2D eigenvalue weighted by molar-refractivity contribution is -0.139. The second kappa shape index (κ2) is 10.3. The number of nitrogens with one attached hydrogen (secondary N) is 1. The van der Waals surface area contributed by atoms with E-state index in [-0.39, 0.29) is 6.42 Å². The second-order valence-corrected chi connectivity index (χ2v) is 8.10. The highest BCUT2D eigenvalue weighted by atomic mass is 16.6. The molecule has 1 saturated heterocycles. The number of alkyl carbamates (subject to hydrolysis) is 1. The highest BCUT2D eigenvalue weighted by molar-refractivity contribution is 5.80. The monoisotopic (exact) mass is 392 g/mol. The number of rotatable bonds is 8. The Morgan fingerprint density at radius 2 is 1.86 bits per heavy atom. The zero-order chi connectivity index (χ0) is 20.6. The summed E-state index contributed by atoms with van der Waals surface area (Å²) in [6.07, 6.45) is 3.12. The lowest BCUT2D eigenvalue weighted by atomic mass is 10.0. The number of likely N-dealkylation sites (tertiary alicyclic amines) is 1. The number of amides is 1. The van der Waals surface area contributed by atoms with Crippen molar-refractivity contribution >= 4 is 12.1 Å². The number of nitrogens with zero attached hydrogens (tertiary/aromatic N) is 1. The predicted octanol–water partition coefficient (Wildman–Crippen LogP) is 3.07. The zero-order valence-electron chi connectivity index (χ0n) is 17.1. The number of aliphatic carboxylic acids is 1. The molecule has 2 rings (SSSR count). The molecule has 1 aromatic carbocycles. The van der Waals surface area contributed by atoms with Gasteiger partial charge in [0.2, 0.25) is 0 Å². The fraction of sp³-hybridized carbons (Fsp3) is 0.619. The van der Waals surface area contributed by atoms with E-state index in [1.165, 1.54) is 19.3 Å². The van der Waals surface area contributed by atoms with Crippen molar-refractivity contribution in [3.8, 4) is 5.75 Å². The van der Waals surface area contributed by atoms with Gasteiger partial charge >= 0.3 is 12.1 Å². The number of para-hydroxylation sites is 1. The molecule has 0 spiro atoms. The van der Waals surface area contributed by atoms with Gasteiger partial charge in [-0.25, -0.2) is 9.59 Å². The average molecular weight is 392 g/mol. The molecule has 0 aliphatic carbocycles. The number of carbonyl (C=O) groups is 2. The Morgan fingerprint density at radius 1 is 1.18 bits per heavy atom. The van der Waals surface area contributed by atoms with Crippen LogP contribution in [0, 0.1) is 0 Å². The zero-order valence-corrected chi connectivity index (χ0v) is 17.1. The average Bonchev–Trinajstić information content (AvgIpc) is 2.62. The molecule has 1 aliphatic rings. The fourth-order valence-corrected chi connectivity index (χ4v) is 3.15. The topological polar surface area (TPSA) is 88.1 Å². The maximum atomic E-state index is 12.0. The van der Waals surface area contributed by atoms with Crippen LogP contribution in [-0.2, 0) is 16.0 Å². The molecule has 1 atom stereocenters. The maximum Gasteiger partial charge on any atom is 0.408 e. The maximum absolute atomic E-state index is 12.0. The molecule has 2 N–H and O–H groups in total. The number of hydrogen-bond donors (Lipinski definition) is 2. The van der Waals surface area contributed by atoms with E-state index in [1.807, 2.05) is 24.3 Å². The fourth-order valence-electron chi connectivity index (χ4n) is 3.15. The van der Waals surface area contributed by atoms with Gasteiger partial charge in [-0.05, 0) is 58.3 Å². The van der Waals surface area contributed by atoms with Crippen LogP contribution in [0.5, 0.6) is 5.75 Å². The van der Waals surface area contributed by atoms with Crippen molar-refractivity contribution in [3.63, 3.8) is 0 Å². The van der Waals surface area contributed by atoms with Crippen molar-refractivity contribution in [1.82, 2.24) is 10.2 Å². The molecule has 1 heterocycles. The van der Waals surface area contributed by atoms with Gasteiger partial charge in [0.15, 0.2) is 0 Å². The van der Waals surface area contributed by atoms with Gasteiger partial charge in [-0.1, -0.05) is 24.6 Å². The van der Waals surface area contributed by atoms with Gasteiger partial charge in [-0.3, -0.25) is 4.90 Å². The Bertz CT molecular complexity index is 650. The van der Waals surface area contributed by atoms with Crippen molar-refractivity contribution in [3.05, 3.63) is 29.8 Å². The third-order valence-corrected chi connectivity index (χ3v) is 4.50. The van der Waals surface area contributed by atoms with Gasteiger partial charge in [0.1, 0.15) is 24.0 Å². The molecule has 0 bridgehead atoms. The van der Waals surface area contributed by atoms with Gasteiger partial charge in [-0.15, -0.1) is 0 Å². The number of piperidine rings is 1. The van der Waals surface area contributed by atoms with E-state index in [1.54, 1.807) is 20.8 Å². The van der Waals surface area contributed by atoms with Gasteiger partial charge in [-0.2, -0.15) is 0 Å². The molecule has 7 heteroatoms. The van der Waals surface area contributed by atoms with Crippen molar-refractivity contribution in [2.24, 2.45) is 0 Å². The molecule has 0 radical (unpaired) electrons. The number of benzene rings is 1. The third-order valence-electron chi connectivity index (χ3n) is 4.50. The number of carboxylic acids is 1. The van der Waals surface area contributed by atoms with E-state index in [0.29, 0.717) is 12.4 Å². The summed E-state index contributed by atoms with van der Waals surface area (Å²) in [5, 5.41) is 11.9. The van der Waals surface area contributed by atoms with Gasteiger partial charge in [0, 0.05) is 13.0 Å². The summed E-state index contributed by atoms with van der Waals surface area (Å²) in [5.74, 6) is -0.467. The number of carbonyl (C=O) groups excluding carboxylic acids is 1. The molecule has 1 aliphatic heterocycles. The molecular formula is C21H32N2O5. The van der Waals surface area contributed by atoms with E-state index >= 15 is 0 Å². The molecule has 0 aromatic heterocycles. The molecule has 1 amide bonds. The lowest BCUT2D eigenvalue weighted by Gasteiger charge is -2.26. The first-order valence-electron chi connectivity index (χ1n) is 9.90. The normalized spacial score (nSPS) is 16.2. The van der Waals surface area contributed by atoms with Gasteiger partial charge in [0.25, 0.3) is 0 Å². The lowest BCUT2D eigenvalue weighted by Crippen LogP contribution is -2.44. The molecule has 0 saturated carbocycles. The van der Waals surface area contributed by atoms with E-state index < -0.39 is 23.7 Å². The molecule has 1 fully saturated rings. The van der Waals surface area contributed by atoms with Crippen LogP contribution in [0.3, 0.4) is 0 Å². The molecular weight excluding hydrogens is 360 g/mol. The molecule has 1 unspecified atom stereocenters. The standard InChI is InChI=1S/C21H32N2O5/c1-21(2,3)28-20(26)22-17(19(24)25)15-16-9-5-6-10-18(16)27-14-13-23-11-7-4-8-12-23/h5-6,9-10,17H,4,7-8,11-15H2,1-3H3,(H,22,26)(H,24,25). The van der Waals surface area contributed by atoms with Crippen molar-refractivity contribution < 1.29 is 24.2 Å².